The van der Waals surface area contributed by atoms with E-state index in [9.17, 15) is 0 Å². The number of aryl methyl sites for hydroxylation is 1. The maximum atomic E-state index is 5.71. The molecule has 4 nitrogen and oxygen atoms in total. The van der Waals surface area contributed by atoms with E-state index >= 15 is 0 Å². The fraction of sp³-hybridized carbons (Fsp3) is 0.688. The highest BCUT2D eigenvalue weighted by atomic mass is 16.5. The third kappa shape index (κ3) is 3.49. The van der Waals surface area contributed by atoms with Gasteiger partial charge in [0, 0.05) is 38.5 Å². The van der Waals surface area contributed by atoms with Crippen LogP contribution in [0.5, 0.6) is 0 Å². The molecule has 2 heterocycles. The lowest BCUT2D eigenvalue weighted by molar-refractivity contribution is 0.0820. The van der Waals surface area contributed by atoms with Gasteiger partial charge in [-0.25, -0.2) is 4.98 Å². The van der Waals surface area contributed by atoms with Crippen molar-refractivity contribution in [3.05, 3.63) is 23.4 Å². The molecule has 1 aliphatic carbocycles. The van der Waals surface area contributed by atoms with Crippen molar-refractivity contribution in [2.75, 3.05) is 24.6 Å². The van der Waals surface area contributed by atoms with Gasteiger partial charge in [-0.15, -0.1) is 0 Å². The average Bonchev–Trinajstić information content (AvgIpc) is 3.24. The number of rotatable bonds is 4. The van der Waals surface area contributed by atoms with Gasteiger partial charge >= 0.3 is 0 Å². The smallest absolute Gasteiger partial charge is 0.131 e. The standard InChI is InChI=1S/C16H25N3O/c1-12-8-14(9-17-15-4-5-15)10-18-16(12)19-6-3-7-20-13(2)11-19/h8,10,13,15,17H,3-7,9,11H2,1-2H3. The lowest BCUT2D eigenvalue weighted by Crippen LogP contribution is -2.31. The molecule has 4 heteroatoms. The Bertz CT molecular complexity index is 459. The van der Waals surface area contributed by atoms with Gasteiger partial charge < -0.3 is 15.0 Å². The second-order valence-corrected chi connectivity index (χ2v) is 6.12. The first-order chi connectivity index (χ1) is 9.72. The summed E-state index contributed by atoms with van der Waals surface area (Å²) in [6.45, 7) is 8.09. The minimum absolute atomic E-state index is 0.287. The molecule has 0 bridgehead atoms. The number of nitrogens with zero attached hydrogens (tertiary/aromatic N) is 2. The van der Waals surface area contributed by atoms with Crippen molar-refractivity contribution in [1.82, 2.24) is 10.3 Å². The molecule has 110 valence electrons. The van der Waals surface area contributed by atoms with Crippen LogP contribution in [0.2, 0.25) is 0 Å². The van der Waals surface area contributed by atoms with Crippen LogP contribution < -0.4 is 10.2 Å². The quantitative estimate of drug-likeness (QED) is 0.914. The van der Waals surface area contributed by atoms with E-state index in [1.54, 1.807) is 0 Å². The zero-order valence-electron chi connectivity index (χ0n) is 12.6. The topological polar surface area (TPSA) is 37.4 Å². The molecule has 1 N–H and O–H groups in total. The minimum Gasteiger partial charge on any atom is -0.377 e. The largest absolute Gasteiger partial charge is 0.377 e. The zero-order valence-corrected chi connectivity index (χ0v) is 12.6. The number of anilines is 1. The Hall–Kier alpha value is -1.13. The molecule has 2 aliphatic rings. The summed E-state index contributed by atoms with van der Waals surface area (Å²) in [6.07, 6.45) is 6.05. The predicted molar refractivity (Wildman–Crippen MR) is 81.1 cm³/mol. The van der Waals surface area contributed by atoms with Crippen LogP contribution in [0.15, 0.2) is 12.3 Å². The van der Waals surface area contributed by atoms with Crippen LogP contribution in [0.4, 0.5) is 5.82 Å². The SMILES string of the molecule is Cc1cc(CNC2CC2)cnc1N1CCCOC(C)C1. The maximum Gasteiger partial charge on any atom is 0.131 e. The number of hydrogen-bond donors (Lipinski definition) is 1. The summed E-state index contributed by atoms with van der Waals surface area (Å²) in [5, 5.41) is 3.54. The van der Waals surface area contributed by atoms with E-state index in [1.807, 2.05) is 6.20 Å². The third-order valence-corrected chi connectivity index (χ3v) is 4.03. The second kappa shape index (κ2) is 6.10. The molecule has 0 amide bonds. The normalized spacial score (nSPS) is 23.7. The molecule has 1 saturated heterocycles. The highest BCUT2D eigenvalue weighted by molar-refractivity contribution is 5.47. The molecule has 1 aromatic rings. The molecule has 1 saturated carbocycles. The second-order valence-electron chi connectivity index (χ2n) is 6.12. The Balaban J connectivity index is 1.68. The molecule has 2 fully saturated rings. The first-order valence-electron chi connectivity index (χ1n) is 7.78. The Morgan fingerprint density at radius 3 is 3.05 bits per heavy atom. The highest BCUT2D eigenvalue weighted by Gasteiger charge is 2.21. The Kier molecular flexibility index (Phi) is 4.22. The maximum absolute atomic E-state index is 5.71. The molecule has 0 spiro atoms. The monoisotopic (exact) mass is 275 g/mol. The molecule has 3 rings (SSSR count). The van der Waals surface area contributed by atoms with Crippen LogP contribution in [0.3, 0.4) is 0 Å². The zero-order chi connectivity index (χ0) is 13.9. The molecule has 1 atom stereocenters. The fourth-order valence-electron chi connectivity index (χ4n) is 2.79. The van der Waals surface area contributed by atoms with Crippen LogP contribution in [0.1, 0.15) is 37.3 Å². The van der Waals surface area contributed by atoms with E-state index in [0.717, 1.165) is 44.5 Å². The van der Waals surface area contributed by atoms with Crippen LogP contribution >= 0.6 is 0 Å². The predicted octanol–water partition coefficient (Wildman–Crippen LogP) is 2.26. The van der Waals surface area contributed by atoms with Crippen molar-refractivity contribution >= 4 is 5.82 Å². The van der Waals surface area contributed by atoms with E-state index in [2.05, 4.69) is 30.1 Å². The van der Waals surface area contributed by atoms with Gasteiger partial charge in [-0.05, 0) is 50.3 Å². The van der Waals surface area contributed by atoms with Crippen molar-refractivity contribution < 1.29 is 4.74 Å². The lowest BCUT2D eigenvalue weighted by Gasteiger charge is -2.25. The fourth-order valence-corrected chi connectivity index (χ4v) is 2.79. The van der Waals surface area contributed by atoms with Crippen molar-refractivity contribution in [3.63, 3.8) is 0 Å². The van der Waals surface area contributed by atoms with Crippen LogP contribution in [-0.2, 0) is 11.3 Å². The van der Waals surface area contributed by atoms with Crippen LogP contribution in [0, 0.1) is 6.92 Å². The third-order valence-electron chi connectivity index (χ3n) is 4.03. The highest BCUT2D eigenvalue weighted by Crippen LogP contribution is 2.22. The summed E-state index contributed by atoms with van der Waals surface area (Å²) in [7, 11) is 0. The molecular formula is C16H25N3O. The van der Waals surface area contributed by atoms with Crippen LogP contribution in [0.25, 0.3) is 0 Å². The molecule has 1 aliphatic heterocycles. The molecule has 1 unspecified atom stereocenters. The molecule has 1 aromatic heterocycles. The van der Waals surface area contributed by atoms with Crippen LogP contribution in [-0.4, -0.2) is 36.8 Å². The van der Waals surface area contributed by atoms with E-state index < -0.39 is 0 Å². The number of nitrogens with one attached hydrogen (secondary N) is 1. The first-order valence-corrected chi connectivity index (χ1v) is 7.78. The minimum atomic E-state index is 0.287. The molecule has 0 aromatic carbocycles. The Labute approximate surface area is 121 Å². The Morgan fingerprint density at radius 2 is 2.30 bits per heavy atom. The average molecular weight is 275 g/mol. The summed E-state index contributed by atoms with van der Waals surface area (Å²) in [6, 6.07) is 3.02. The number of ether oxygens (including phenoxy) is 1. The summed E-state index contributed by atoms with van der Waals surface area (Å²) >= 11 is 0. The number of aromatic nitrogens is 1. The van der Waals surface area contributed by atoms with Crippen molar-refractivity contribution in [2.24, 2.45) is 0 Å². The van der Waals surface area contributed by atoms with Crippen molar-refractivity contribution in [1.29, 1.82) is 0 Å². The van der Waals surface area contributed by atoms with Gasteiger partial charge in [-0.1, -0.05) is 0 Å². The van der Waals surface area contributed by atoms with Gasteiger partial charge in [0.2, 0.25) is 0 Å². The van der Waals surface area contributed by atoms with E-state index in [4.69, 9.17) is 9.72 Å². The Morgan fingerprint density at radius 1 is 1.45 bits per heavy atom. The molecule has 0 radical (unpaired) electrons. The summed E-state index contributed by atoms with van der Waals surface area (Å²) < 4.78 is 5.71. The summed E-state index contributed by atoms with van der Waals surface area (Å²) in [4.78, 5) is 7.07. The molecule has 20 heavy (non-hydrogen) atoms. The van der Waals surface area contributed by atoms with Crippen molar-refractivity contribution in [2.45, 2.75) is 51.8 Å². The lowest BCUT2D eigenvalue weighted by atomic mass is 10.2. The van der Waals surface area contributed by atoms with E-state index in [-0.39, 0.29) is 6.10 Å². The van der Waals surface area contributed by atoms with Gasteiger partial charge in [0.05, 0.1) is 6.10 Å². The van der Waals surface area contributed by atoms with Gasteiger partial charge in [0.1, 0.15) is 5.82 Å². The first kappa shape index (κ1) is 13.8. The number of hydrogen-bond acceptors (Lipinski definition) is 4. The van der Waals surface area contributed by atoms with Gasteiger partial charge in [0.25, 0.3) is 0 Å². The molecular weight excluding hydrogens is 250 g/mol. The van der Waals surface area contributed by atoms with Gasteiger partial charge in [0.15, 0.2) is 0 Å². The van der Waals surface area contributed by atoms with Gasteiger partial charge in [-0.3, -0.25) is 0 Å². The number of pyridine rings is 1. The van der Waals surface area contributed by atoms with E-state index in [0.29, 0.717) is 0 Å². The summed E-state index contributed by atoms with van der Waals surface area (Å²) in [5.74, 6) is 1.12. The summed E-state index contributed by atoms with van der Waals surface area (Å²) in [5.41, 5.74) is 2.56. The van der Waals surface area contributed by atoms with Crippen molar-refractivity contribution in [3.8, 4) is 0 Å². The van der Waals surface area contributed by atoms with Gasteiger partial charge in [-0.2, -0.15) is 0 Å². The van der Waals surface area contributed by atoms with E-state index in [1.165, 1.54) is 24.0 Å².